The van der Waals surface area contributed by atoms with Gasteiger partial charge in [0, 0.05) is 0 Å². The standard InChI is InChI=1S/CH3Cl3P/c1-5(2,3)4/h1H3. The molecule has 0 aliphatic rings. The van der Waals surface area contributed by atoms with Crippen molar-refractivity contribution in [2.75, 3.05) is 6.66 Å². The predicted octanol–water partition coefficient (Wildman–Crippen LogP) is 3.10. The molecule has 0 unspecified atom stereocenters. The van der Waals surface area contributed by atoms with E-state index in [1.807, 2.05) is 0 Å². The van der Waals surface area contributed by atoms with Crippen LogP contribution < -0.4 is 0 Å². The van der Waals surface area contributed by atoms with E-state index in [1.54, 1.807) is 6.66 Å². The van der Waals surface area contributed by atoms with E-state index in [2.05, 4.69) is 0 Å². The molecular formula is CH3Cl3P. The molecule has 0 saturated carbocycles. The summed E-state index contributed by atoms with van der Waals surface area (Å²) in [7, 11) is 0. The van der Waals surface area contributed by atoms with Crippen LogP contribution in [0.5, 0.6) is 0 Å². The van der Waals surface area contributed by atoms with Crippen LogP contribution in [0.4, 0.5) is 0 Å². The van der Waals surface area contributed by atoms with Gasteiger partial charge in [0.15, 0.2) is 0 Å². The normalized spacial score (nSPS) is 12.0. The Morgan fingerprint density at radius 3 is 1.20 bits per heavy atom. The highest BCUT2D eigenvalue weighted by Gasteiger charge is 2.04. The van der Waals surface area contributed by atoms with Crippen molar-refractivity contribution in [3.05, 3.63) is 0 Å². The van der Waals surface area contributed by atoms with Gasteiger partial charge >= 0.3 is 0 Å². The topological polar surface area (TPSA) is 0 Å². The smallest absolute Gasteiger partial charge is 0.0680 e. The molecule has 0 saturated heterocycles. The van der Waals surface area contributed by atoms with Crippen molar-refractivity contribution in [1.29, 1.82) is 0 Å². The maximum Gasteiger partial charge on any atom is 0.119 e. The van der Waals surface area contributed by atoms with Crippen molar-refractivity contribution in [2.24, 2.45) is 0 Å². The van der Waals surface area contributed by atoms with Crippen LogP contribution in [0.1, 0.15) is 0 Å². The second kappa shape index (κ2) is 1.84. The Balaban J connectivity index is 3.02. The second-order valence-corrected chi connectivity index (χ2v) is 9.74. The minimum atomic E-state index is -1.97. The predicted molar refractivity (Wildman–Crippen MR) is 30.4 cm³/mol. The van der Waals surface area contributed by atoms with E-state index in [0.717, 1.165) is 0 Å². The number of hydrogen-bond donors (Lipinski definition) is 0. The summed E-state index contributed by atoms with van der Waals surface area (Å²) < 4.78 is 0. The molecule has 0 aromatic rings. The molecule has 0 nitrogen and oxygen atoms in total. The van der Waals surface area contributed by atoms with Crippen molar-refractivity contribution in [3.63, 3.8) is 0 Å². The molecule has 0 spiro atoms. The maximum atomic E-state index is 5.17. The molecule has 1 radical (unpaired) electrons. The highest BCUT2D eigenvalue weighted by atomic mass is 36.1. The van der Waals surface area contributed by atoms with Gasteiger partial charge in [-0.2, -0.15) is 0 Å². The molecular weight excluding hydrogens is 149 g/mol. The van der Waals surface area contributed by atoms with Crippen LogP contribution >= 0.6 is 39.0 Å². The molecule has 0 fully saturated rings. The Morgan fingerprint density at radius 2 is 1.20 bits per heavy atom. The Kier molecular flexibility index (Phi) is 2.32. The summed E-state index contributed by atoms with van der Waals surface area (Å²) in [6.07, 6.45) is 0. The van der Waals surface area contributed by atoms with Crippen LogP contribution in [-0.4, -0.2) is 6.66 Å². The molecule has 0 bridgehead atoms. The molecule has 0 aliphatic heterocycles. The molecule has 0 rings (SSSR count). The van der Waals surface area contributed by atoms with Gasteiger partial charge in [-0.1, -0.05) is 33.7 Å². The third kappa shape index (κ3) is 34.2. The molecule has 0 amide bonds. The first-order chi connectivity index (χ1) is 2.00. The zero-order valence-electron chi connectivity index (χ0n) is 2.58. The monoisotopic (exact) mass is 151 g/mol. The summed E-state index contributed by atoms with van der Waals surface area (Å²) in [5.41, 5.74) is 0. The van der Waals surface area contributed by atoms with E-state index >= 15 is 0 Å². The number of hydrogen-bond acceptors (Lipinski definition) is 0. The summed E-state index contributed by atoms with van der Waals surface area (Å²) in [6, 6.07) is 0. The van der Waals surface area contributed by atoms with E-state index in [9.17, 15) is 0 Å². The Bertz CT molecular complexity index is 22.4. The van der Waals surface area contributed by atoms with Gasteiger partial charge in [0.1, 0.15) is 5.32 Å². The highest BCUT2D eigenvalue weighted by molar-refractivity contribution is 8.32. The van der Waals surface area contributed by atoms with Crippen LogP contribution in [0.25, 0.3) is 0 Å². The molecule has 4 heteroatoms. The average molecular weight is 152 g/mol. The van der Waals surface area contributed by atoms with Gasteiger partial charge < -0.3 is 0 Å². The molecule has 0 aromatic carbocycles. The van der Waals surface area contributed by atoms with Crippen molar-refractivity contribution in [2.45, 2.75) is 0 Å². The average Bonchev–Trinajstić information content (AvgIpc) is 0.722. The van der Waals surface area contributed by atoms with Gasteiger partial charge in [-0.3, -0.25) is 0 Å². The van der Waals surface area contributed by atoms with E-state index in [1.165, 1.54) is 0 Å². The maximum absolute atomic E-state index is 5.17. The van der Waals surface area contributed by atoms with Gasteiger partial charge in [0.05, 0.1) is 0 Å². The summed E-state index contributed by atoms with van der Waals surface area (Å²) >= 11 is 15.5. The first kappa shape index (κ1) is 6.30. The Labute approximate surface area is 46.1 Å². The summed E-state index contributed by atoms with van der Waals surface area (Å²) in [6.45, 7) is 1.59. The summed E-state index contributed by atoms with van der Waals surface area (Å²) in [5.74, 6) is 0. The summed E-state index contributed by atoms with van der Waals surface area (Å²) in [5, 5.41) is -1.97. The molecule has 0 N–H and O–H groups in total. The highest BCUT2D eigenvalue weighted by Crippen LogP contribution is 2.70. The van der Waals surface area contributed by atoms with E-state index < -0.39 is 5.32 Å². The molecule has 0 heterocycles. The Hall–Kier alpha value is 1.30. The van der Waals surface area contributed by atoms with Gasteiger partial charge in [0.25, 0.3) is 0 Å². The third-order valence-corrected chi connectivity index (χ3v) is 0. The third-order valence-electron chi connectivity index (χ3n) is 0. The lowest BCUT2D eigenvalue weighted by molar-refractivity contribution is 2.47. The lowest BCUT2D eigenvalue weighted by Crippen LogP contribution is -1.40. The minimum Gasteiger partial charge on any atom is -0.0680 e. The second-order valence-electron chi connectivity index (χ2n) is 0.699. The first-order valence-electron chi connectivity index (χ1n) is 0.954. The number of halogens is 3. The van der Waals surface area contributed by atoms with Gasteiger partial charge in [0.2, 0.25) is 0 Å². The molecule has 0 aromatic heterocycles. The molecule has 33 valence electrons. The molecule has 0 atom stereocenters. The van der Waals surface area contributed by atoms with Gasteiger partial charge in [-0.05, 0) is 6.66 Å². The zero-order valence-corrected chi connectivity index (χ0v) is 5.74. The fourth-order valence-electron chi connectivity index (χ4n) is 0. The summed E-state index contributed by atoms with van der Waals surface area (Å²) in [4.78, 5) is 0. The van der Waals surface area contributed by atoms with E-state index in [4.69, 9.17) is 33.7 Å². The van der Waals surface area contributed by atoms with Crippen LogP contribution in [-0.2, 0) is 0 Å². The van der Waals surface area contributed by atoms with E-state index in [-0.39, 0.29) is 0 Å². The van der Waals surface area contributed by atoms with Crippen LogP contribution in [0.3, 0.4) is 0 Å². The van der Waals surface area contributed by atoms with Gasteiger partial charge in [-0.25, -0.2) is 0 Å². The number of rotatable bonds is 0. The Morgan fingerprint density at radius 1 is 1.20 bits per heavy atom. The van der Waals surface area contributed by atoms with E-state index in [0.29, 0.717) is 0 Å². The van der Waals surface area contributed by atoms with Crippen molar-refractivity contribution in [3.8, 4) is 0 Å². The molecule has 5 heavy (non-hydrogen) atoms. The fraction of sp³-hybridized carbons (Fsp3) is 1.00. The van der Waals surface area contributed by atoms with Crippen molar-refractivity contribution in [1.82, 2.24) is 0 Å². The minimum absolute atomic E-state index is 1.59. The molecule has 0 aliphatic carbocycles. The lowest BCUT2D eigenvalue weighted by Gasteiger charge is -1.97. The van der Waals surface area contributed by atoms with Crippen LogP contribution in [0.2, 0.25) is 0 Å². The fourth-order valence-corrected chi connectivity index (χ4v) is 0. The SMILES string of the molecule is C[P](Cl)(Cl)Cl. The van der Waals surface area contributed by atoms with Crippen LogP contribution in [0.15, 0.2) is 0 Å². The van der Waals surface area contributed by atoms with Crippen LogP contribution in [0, 0.1) is 0 Å². The quantitative estimate of drug-likeness (QED) is 0.468. The van der Waals surface area contributed by atoms with Crippen molar-refractivity contribution < 1.29 is 0 Å². The largest absolute Gasteiger partial charge is 0.119 e. The first-order valence-corrected chi connectivity index (χ1v) is 5.91. The van der Waals surface area contributed by atoms with Gasteiger partial charge in [-0.15, -0.1) is 0 Å². The zero-order chi connectivity index (χ0) is 4.50. The lowest BCUT2D eigenvalue weighted by atomic mass is 12.0. The van der Waals surface area contributed by atoms with Crippen molar-refractivity contribution >= 4 is 39.0 Å².